The third kappa shape index (κ3) is 9.64. The Kier molecular flexibility index (Phi) is 6.03. The lowest BCUT2D eigenvalue weighted by Gasteiger charge is -2.21. The quantitative estimate of drug-likeness (QED) is 0.484. The monoisotopic (exact) mass is 185 g/mol. The van der Waals surface area contributed by atoms with Crippen molar-refractivity contribution in [2.24, 2.45) is 0 Å². The van der Waals surface area contributed by atoms with Gasteiger partial charge in [0, 0.05) is 0 Å². The Morgan fingerprint density at radius 2 is 1.62 bits per heavy atom. The van der Waals surface area contributed by atoms with E-state index in [-0.39, 0.29) is 23.6 Å². The second-order valence-corrected chi connectivity index (χ2v) is 2.74. The van der Waals surface area contributed by atoms with Crippen LogP contribution < -0.4 is 0 Å². The zero-order chi connectivity index (χ0) is 5.91. The van der Waals surface area contributed by atoms with E-state index in [0.717, 1.165) is 11.0 Å². The summed E-state index contributed by atoms with van der Waals surface area (Å²) in [6.07, 6.45) is 0. The summed E-state index contributed by atoms with van der Waals surface area (Å²) in [6, 6.07) is 0. The minimum Gasteiger partial charge on any atom is -0.391 e. The average Bonchev–Trinajstić information content (AvgIpc) is 1.30. The number of halogens is 1. The summed E-state index contributed by atoms with van der Waals surface area (Å²) in [5.41, 5.74) is 0. The largest absolute Gasteiger partial charge is 0.391 e. The summed E-state index contributed by atoms with van der Waals surface area (Å²) in [5.74, 6) is 0. The Morgan fingerprint density at radius 1 is 1.25 bits per heavy atom. The highest BCUT2D eigenvalue weighted by Crippen LogP contribution is 1.84. The normalized spacial score (nSPS) is 10.5. The SMILES string of the molecule is Br.C[N+](C)([13CH3])CCO. The first-order valence-electron chi connectivity index (χ1n) is 2.47. The standard InChI is InChI=1S/C5H14NO.BrH/c1-6(2,3)4-5-7;/h7H,4-5H2,1-3H3;1H/q+1;/i1+1;. The first-order valence-corrected chi connectivity index (χ1v) is 2.47. The summed E-state index contributed by atoms with van der Waals surface area (Å²) in [7, 11) is 6.16. The van der Waals surface area contributed by atoms with E-state index in [2.05, 4.69) is 21.1 Å². The molecule has 0 heterocycles. The van der Waals surface area contributed by atoms with E-state index in [1.54, 1.807) is 0 Å². The van der Waals surface area contributed by atoms with Gasteiger partial charge in [-0.1, -0.05) is 0 Å². The second kappa shape index (κ2) is 4.30. The molecule has 0 rings (SSSR count). The van der Waals surface area contributed by atoms with Gasteiger partial charge in [-0.2, -0.15) is 0 Å². The molecule has 0 spiro atoms. The van der Waals surface area contributed by atoms with Crippen LogP contribution in [-0.4, -0.2) is 43.9 Å². The summed E-state index contributed by atoms with van der Waals surface area (Å²) >= 11 is 0. The van der Waals surface area contributed by atoms with E-state index in [9.17, 15) is 0 Å². The average molecular weight is 186 g/mol. The molecule has 0 aliphatic rings. The maximum atomic E-state index is 8.39. The van der Waals surface area contributed by atoms with Crippen molar-refractivity contribution in [3.63, 3.8) is 0 Å². The van der Waals surface area contributed by atoms with Gasteiger partial charge in [0.05, 0.1) is 27.7 Å². The molecule has 8 heavy (non-hydrogen) atoms. The highest BCUT2D eigenvalue weighted by atomic mass is 79.9. The van der Waals surface area contributed by atoms with Crippen LogP contribution in [0.1, 0.15) is 0 Å². The third-order valence-electron chi connectivity index (χ3n) is 0.771. The first kappa shape index (κ1) is 11.2. The van der Waals surface area contributed by atoms with E-state index in [1.165, 1.54) is 0 Å². The molecule has 0 aliphatic carbocycles. The molecule has 0 aromatic heterocycles. The van der Waals surface area contributed by atoms with Crippen molar-refractivity contribution >= 4 is 17.0 Å². The molecule has 0 saturated carbocycles. The maximum absolute atomic E-state index is 8.39. The number of rotatable bonds is 2. The summed E-state index contributed by atoms with van der Waals surface area (Å²) in [6.45, 7) is 1.11. The third-order valence-corrected chi connectivity index (χ3v) is 0.771. The number of quaternary nitrogens is 1. The molecule has 0 bridgehead atoms. The van der Waals surface area contributed by atoms with Crippen LogP contribution in [0, 0.1) is 0 Å². The fourth-order valence-corrected chi connectivity index (χ4v) is 0.300. The van der Waals surface area contributed by atoms with E-state index in [4.69, 9.17) is 5.11 Å². The van der Waals surface area contributed by atoms with E-state index in [0.29, 0.717) is 0 Å². The zero-order valence-electron chi connectivity index (χ0n) is 5.72. The fraction of sp³-hybridized carbons (Fsp3) is 1.00. The van der Waals surface area contributed by atoms with Crippen LogP contribution in [0.3, 0.4) is 0 Å². The van der Waals surface area contributed by atoms with Crippen LogP contribution in [-0.2, 0) is 0 Å². The molecule has 0 aromatic rings. The number of nitrogens with zero attached hydrogens (tertiary/aromatic N) is 1. The lowest BCUT2D eigenvalue weighted by molar-refractivity contribution is -0.870. The molecule has 0 radical (unpaired) electrons. The van der Waals surface area contributed by atoms with Crippen molar-refractivity contribution in [3.8, 4) is 0 Å². The molecule has 0 unspecified atom stereocenters. The molecule has 0 aromatic carbocycles. The van der Waals surface area contributed by atoms with Gasteiger partial charge in [-0.05, 0) is 0 Å². The van der Waals surface area contributed by atoms with E-state index >= 15 is 0 Å². The minimum atomic E-state index is 0. The predicted molar refractivity (Wildman–Crippen MR) is 40.3 cm³/mol. The van der Waals surface area contributed by atoms with E-state index in [1.807, 2.05) is 0 Å². The molecule has 0 saturated heterocycles. The summed E-state index contributed by atoms with van der Waals surface area (Å²) in [5, 5.41) is 8.39. The Bertz CT molecular complexity index is 50.9. The molecule has 0 amide bonds. The number of likely N-dealkylation sites (N-methyl/N-ethyl adjacent to an activating group) is 1. The van der Waals surface area contributed by atoms with Crippen LogP contribution in [0.5, 0.6) is 0 Å². The minimum absolute atomic E-state index is 0. The highest BCUT2D eigenvalue weighted by molar-refractivity contribution is 8.93. The number of aliphatic hydroxyl groups is 1. The summed E-state index contributed by atoms with van der Waals surface area (Å²) in [4.78, 5) is 0. The van der Waals surface area contributed by atoms with E-state index < -0.39 is 0 Å². The first-order chi connectivity index (χ1) is 3.06. The van der Waals surface area contributed by atoms with Gasteiger partial charge in [0.25, 0.3) is 0 Å². The van der Waals surface area contributed by atoms with Gasteiger partial charge in [-0.15, -0.1) is 17.0 Å². The lowest BCUT2D eigenvalue weighted by Crippen LogP contribution is -2.36. The fourth-order valence-electron chi connectivity index (χ4n) is 0.300. The lowest BCUT2D eigenvalue weighted by atomic mass is 10.6. The van der Waals surface area contributed by atoms with Crippen molar-refractivity contribution < 1.29 is 9.59 Å². The van der Waals surface area contributed by atoms with Crippen molar-refractivity contribution in [1.82, 2.24) is 0 Å². The van der Waals surface area contributed by atoms with Crippen LogP contribution in [0.15, 0.2) is 0 Å². The van der Waals surface area contributed by atoms with Gasteiger partial charge < -0.3 is 9.59 Å². The Balaban J connectivity index is 0. The molecule has 1 N–H and O–H groups in total. The van der Waals surface area contributed by atoms with Gasteiger partial charge in [-0.3, -0.25) is 0 Å². The molecular formula is C5H15BrNO+. The van der Waals surface area contributed by atoms with Crippen LogP contribution in [0.25, 0.3) is 0 Å². The topological polar surface area (TPSA) is 20.2 Å². The Morgan fingerprint density at radius 3 is 1.62 bits per heavy atom. The van der Waals surface area contributed by atoms with Crippen LogP contribution >= 0.6 is 17.0 Å². The van der Waals surface area contributed by atoms with Crippen LogP contribution in [0.2, 0.25) is 0 Å². The molecule has 52 valence electrons. The summed E-state index contributed by atoms with van der Waals surface area (Å²) < 4.78 is 0.844. The molecule has 0 fully saturated rings. The molecule has 3 heteroatoms. The Hall–Kier alpha value is 0.400. The molecule has 2 nitrogen and oxygen atoms in total. The van der Waals surface area contributed by atoms with Gasteiger partial charge in [-0.25, -0.2) is 0 Å². The van der Waals surface area contributed by atoms with Crippen LogP contribution in [0.4, 0.5) is 0 Å². The van der Waals surface area contributed by atoms with Crippen molar-refractivity contribution in [2.45, 2.75) is 0 Å². The predicted octanol–water partition coefficient (Wildman–Crippen LogP) is 0.263. The van der Waals surface area contributed by atoms with Gasteiger partial charge >= 0.3 is 0 Å². The van der Waals surface area contributed by atoms with Gasteiger partial charge in [0.15, 0.2) is 0 Å². The van der Waals surface area contributed by atoms with Crippen molar-refractivity contribution in [3.05, 3.63) is 0 Å². The zero-order valence-corrected chi connectivity index (χ0v) is 7.43. The number of hydrogen-bond acceptors (Lipinski definition) is 1. The van der Waals surface area contributed by atoms with Gasteiger partial charge in [0.1, 0.15) is 6.54 Å². The number of aliphatic hydroxyl groups excluding tert-OH is 1. The molecule has 0 aliphatic heterocycles. The smallest absolute Gasteiger partial charge is 0.101 e. The van der Waals surface area contributed by atoms with Crippen molar-refractivity contribution in [1.29, 1.82) is 0 Å². The van der Waals surface area contributed by atoms with Gasteiger partial charge in [0.2, 0.25) is 0 Å². The second-order valence-electron chi connectivity index (χ2n) is 2.74. The molecular weight excluding hydrogens is 171 g/mol. The number of hydrogen-bond donors (Lipinski definition) is 1. The Labute approximate surface area is 61.5 Å². The van der Waals surface area contributed by atoms with Crippen molar-refractivity contribution in [2.75, 3.05) is 34.3 Å². The maximum Gasteiger partial charge on any atom is 0.101 e. The molecule has 0 atom stereocenters. The highest BCUT2D eigenvalue weighted by Gasteiger charge is 2.02.